The van der Waals surface area contributed by atoms with E-state index in [2.05, 4.69) is 25.9 Å². The number of amides is 1. The van der Waals surface area contributed by atoms with Gasteiger partial charge < -0.3 is 24.3 Å². The third-order valence-electron chi connectivity index (χ3n) is 6.02. The average molecular weight is 427 g/mol. The maximum Gasteiger partial charge on any atom is 0.267 e. The fourth-order valence-electron chi connectivity index (χ4n) is 4.07. The van der Waals surface area contributed by atoms with Crippen LogP contribution in [0.2, 0.25) is 0 Å². The zero-order valence-corrected chi connectivity index (χ0v) is 18.2. The van der Waals surface area contributed by atoms with Gasteiger partial charge in [-0.25, -0.2) is 4.68 Å². The van der Waals surface area contributed by atoms with Crippen molar-refractivity contribution in [3.05, 3.63) is 46.8 Å². The first-order valence-electron chi connectivity index (χ1n) is 10.7. The van der Waals surface area contributed by atoms with Crippen molar-refractivity contribution in [1.82, 2.24) is 19.6 Å². The third kappa shape index (κ3) is 4.82. The van der Waals surface area contributed by atoms with E-state index in [4.69, 9.17) is 4.74 Å². The molecule has 0 atom stereocenters. The summed E-state index contributed by atoms with van der Waals surface area (Å²) in [6.07, 6.45) is 0. The lowest BCUT2D eigenvalue weighted by Crippen LogP contribution is -2.49. The van der Waals surface area contributed by atoms with Gasteiger partial charge in [0.2, 0.25) is 5.91 Å². The molecule has 4 rings (SSSR count). The summed E-state index contributed by atoms with van der Waals surface area (Å²) in [6, 6.07) is 11.3. The van der Waals surface area contributed by atoms with E-state index >= 15 is 0 Å². The first-order valence-corrected chi connectivity index (χ1v) is 10.7. The highest BCUT2D eigenvalue weighted by Crippen LogP contribution is 2.28. The van der Waals surface area contributed by atoms with E-state index in [9.17, 15) is 9.59 Å². The van der Waals surface area contributed by atoms with E-state index in [0.29, 0.717) is 13.1 Å². The standard InChI is InChI=1S/C22H30N6O3/c1-24-9-11-27(12-10-24)22(30)17-28-21(29)8-7-20(23-28)26-15-13-25(14-16-26)18-5-3-4-6-19(18)31-2/h3-8H,9-17H2,1-2H3. The number of anilines is 2. The van der Waals surface area contributed by atoms with Gasteiger partial charge in [-0.1, -0.05) is 12.1 Å². The number of nitrogens with zero attached hydrogens (tertiary/aromatic N) is 6. The molecule has 166 valence electrons. The topological polar surface area (TPSA) is 74.2 Å². The normalized spacial score (nSPS) is 17.7. The molecule has 2 aliphatic heterocycles. The van der Waals surface area contributed by atoms with Crippen molar-refractivity contribution in [2.45, 2.75) is 6.54 Å². The molecule has 9 nitrogen and oxygen atoms in total. The van der Waals surface area contributed by atoms with Crippen molar-refractivity contribution in [3.8, 4) is 5.75 Å². The van der Waals surface area contributed by atoms with E-state index in [-0.39, 0.29) is 18.0 Å². The highest BCUT2D eigenvalue weighted by atomic mass is 16.5. The largest absolute Gasteiger partial charge is 0.495 e. The lowest BCUT2D eigenvalue weighted by Gasteiger charge is -2.37. The Kier molecular flexibility index (Phi) is 6.41. The number of rotatable bonds is 5. The Morgan fingerprint density at radius 1 is 0.935 bits per heavy atom. The molecular weight excluding hydrogens is 396 g/mol. The van der Waals surface area contributed by atoms with Crippen LogP contribution in [0.25, 0.3) is 0 Å². The van der Waals surface area contributed by atoms with Gasteiger partial charge in [-0.15, -0.1) is 0 Å². The molecule has 0 bridgehead atoms. The smallest absolute Gasteiger partial charge is 0.267 e. The Morgan fingerprint density at radius 3 is 2.32 bits per heavy atom. The number of hydrogen-bond donors (Lipinski definition) is 0. The Labute approximate surface area is 182 Å². The summed E-state index contributed by atoms with van der Waals surface area (Å²) >= 11 is 0. The second kappa shape index (κ2) is 9.38. The Bertz CT molecular complexity index is 962. The summed E-state index contributed by atoms with van der Waals surface area (Å²) in [4.78, 5) is 33.4. The fourth-order valence-corrected chi connectivity index (χ4v) is 4.07. The second-order valence-corrected chi connectivity index (χ2v) is 8.02. The van der Waals surface area contributed by atoms with Crippen LogP contribution in [-0.2, 0) is 11.3 Å². The molecule has 2 fully saturated rings. The molecule has 0 unspecified atom stereocenters. The van der Waals surface area contributed by atoms with Crippen LogP contribution < -0.4 is 20.1 Å². The molecule has 3 heterocycles. The lowest BCUT2D eigenvalue weighted by molar-refractivity contribution is -0.133. The van der Waals surface area contributed by atoms with Crippen LogP contribution in [0.5, 0.6) is 5.75 Å². The molecular formula is C22H30N6O3. The summed E-state index contributed by atoms with van der Waals surface area (Å²) < 4.78 is 6.78. The minimum atomic E-state index is -0.251. The summed E-state index contributed by atoms with van der Waals surface area (Å²) in [6.45, 7) is 6.25. The highest BCUT2D eigenvalue weighted by Gasteiger charge is 2.23. The highest BCUT2D eigenvalue weighted by molar-refractivity contribution is 5.76. The number of methoxy groups -OCH3 is 1. The molecule has 9 heteroatoms. The molecule has 0 radical (unpaired) electrons. The van der Waals surface area contributed by atoms with Crippen LogP contribution in [-0.4, -0.2) is 92.0 Å². The van der Waals surface area contributed by atoms with Gasteiger partial charge in [0, 0.05) is 58.4 Å². The summed E-state index contributed by atoms with van der Waals surface area (Å²) in [7, 11) is 3.73. The van der Waals surface area contributed by atoms with Gasteiger partial charge in [-0.2, -0.15) is 5.10 Å². The quantitative estimate of drug-likeness (QED) is 0.683. The second-order valence-electron chi connectivity index (χ2n) is 8.02. The van der Waals surface area contributed by atoms with E-state index in [1.807, 2.05) is 30.1 Å². The van der Waals surface area contributed by atoms with Crippen molar-refractivity contribution in [3.63, 3.8) is 0 Å². The molecule has 0 N–H and O–H groups in total. The molecule has 31 heavy (non-hydrogen) atoms. The third-order valence-corrected chi connectivity index (χ3v) is 6.02. The number of benzene rings is 1. The molecule has 1 aromatic carbocycles. The lowest BCUT2D eigenvalue weighted by atomic mass is 10.2. The first-order chi connectivity index (χ1) is 15.0. The number of carbonyl (C=O) groups excluding carboxylic acids is 1. The monoisotopic (exact) mass is 426 g/mol. The zero-order chi connectivity index (χ0) is 21.8. The fraction of sp³-hybridized carbons (Fsp3) is 0.500. The SMILES string of the molecule is COc1ccccc1N1CCN(c2ccc(=O)n(CC(=O)N3CCN(C)CC3)n2)CC1. The van der Waals surface area contributed by atoms with Gasteiger partial charge in [0.25, 0.3) is 5.56 Å². The van der Waals surface area contributed by atoms with Gasteiger partial charge >= 0.3 is 0 Å². The van der Waals surface area contributed by atoms with Crippen molar-refractivity contribution in [2.24, 2.45) is 0 Å². The van der Waals surface area contributed by atoms with E-state index in [1.165, 1.54) is 10.7 Å². The molecule has 2 saturated heterocycles. The van der Waals surface area contributed by atoms with Crippen LogP contribution in [0.4, 0.5) is 11.5 Å². The minimum Gasteiger partial charge on any atom is -0.495 e. The van der Waals surface area contributed by atoms with Crippen molar-refractivity contribution >= 4 is 17.4 Å². The Hall–Kier alpha value is -3.07. The molecule has 2 aromatic rings. The van der Waals surface area contributed by atoms with Gasteiger partial charge in [0.1, 0.15) is 18.1 Å². The van der Waals surface area contributed by atoms with E-state index in [0.717, 1.165) is 56.5 Å². The molecule has 0 aliphatic carbocycles. The van der Waals surface area contributed by atoms with E-state index in [1.54, 1.807) is 13.2 Å². The zero-order valence-electron chi connectivity index (χ0n) is 18.2. The van der Waals surface area contributed by atoms with Crippen molar-refractivity contribution in [2.75, 3.05) is 76.3 Å². The maximum atomic E-state index is 12.6. The predicted octanol–water partition coefficient (Wildman–Crippen LogP) is 0.353. The van der Waals surface area contributed by atoms with Gasteiger partial charge in [-0.3, -0.25) is 9.59 Å². The number of likely N-dealkylation sites (N-methyl/N-ethyl adjacent to an activating group) is 1. The number of carbonyl (C=O) groups is 1. The van der Waals surface area contributed by atoms with E-state index < -0.39 is 0 Å². The Balaban J connectivity index is 1.41. The van der Waals surface area contributed by atoms with Crippen LogP contribution >= 0.6 is 0 Å². The van der Waals surface area contributed by atoms with Crippen LogP contribution in [0, 0.1) is 0 Å². The number of ether oxygens (including phenoxy) is 1. The molecule has 0 saturated carbocycles. The van der Waals surface area contributed by atoms with Crippen LogP contribution in [0.15, 0.2) is 41.2 Å². The van der Waals surface area contributed by atoms with Crippen LogP contribution in [0.3, 0.4) is 0 Å². The summed E-state index contributed by atoms with van der Waals surface area (Å²) in [5.74, 6) is 1.54. The van der Waals surface area contributed by atoms with Crippen LogP contribution in [0.1, 0.15) is 0 Å². The predicted molar refractivity (Wildman–Crippen MR) is 120 cm³/mol. The molecule has 1 aromatic heterocycles. The van der Waals surface area contributed by atoms with Gasteiger partial charge in [-0.05, 0) is 25.2 Å². The minimum absolute atomic E-state index is 0.0163. The maximum absolute atomic E-state index is 12.6. The average Bonchev–Trinajstić information content (AvgIpc) is 2.81. The molecule has 2 aliphatic rings. The van der Waals surface area contributed by atoms with Crippen molar-refractivity contribution < 1.29 is 9.53 Å². The van der Waals surface area contributed by atoms with Gasteiger partial charge in [0.15, 0.2) is 0 Å². The number of aromatic nitrogens is 2. The first kappa shape index (κ1) is 21.2. The molecule has 0 spiro atoms. The summed E-state index contributed by atoms with van der Waals surface area (Å²) in [5.41, 5.74) is 0.833. The summed E-state index contributed by atoms with van der Waals surface area (Å²) in [5, 5.41) is 4.51. The van der Waals surface area contributed by atoms with Gasteiger partial charge in [0.05, 0.1) is 12.8 Å². The number of hydrogen-bond acceptors (Lipinski definition) is 7. The van der Waals surface area contributed by atoms with Crippen molar-refractivity contribution in [1.29, 1.82) is 0 Å². The number of para-hydroxylation sites is 2. The number of piperazine rings is 2. The molecule has 1 amide bonds. The Morgan fingerprint density at radius 2 is 1.61 bits per heavy atom.